The molecule has 0 unspecified atom stereocenters. The van der Waals surface area contributed by atoms with Gasteiger partial charge in [-0.1, -0.05) is 23.6 Å². The first-order chi connectivity index (χ1) is 15.4. The molecular weight excluding hydrogens is 400 g/mol. The van der Waals surface area contributed by atoms with E-state index in [0.29, 0.717) is 26.2 Å². The van der Waals surface area contributed by atoms with Crippen molar-refractivity contribution in [1.82, 2.24) is 19.7 Å². The largest absolute Gasteiger partial charge is 0.344 e. The van der Waals surface area contributed by atoms with Crippen LogP contribution in [0.4, 0.5) is 0 Å². The number of benzene rings is 1. The number of aromatic nitrogens is 1. The molecule has 0 radical (unpaired) electrons. The van der Waals surface area contributed by atoms with E-state index in [0.717, 1.165) is 35.6 Å². The van der Waals surface area contributed by atoms with E-state index in [9.17, 15) is 9.59 Å². The van der Waals surface area contributed by atoms with Crippen molar-refractivity contribution in [3.05, 3.63) is 58.9 Å². The molecule has 1 aromatic heterocycles. The first kappa shape index (κ1) is 23.4. The van der Waals surface area contributed by atoms with Crippen LogP contribution in [0.5, 0.6) is 0 Å². The molecule has 168 valence electrons. The summed E-state index contributed by atoms with van der Waals surface area (Å²) in [5, 5.41) is 2.69. The van der Waals surface area contributed by atoms with E-state index < -0.39 is 0 Å². The minimum absolute atomic E-state index is 0.00349. The number of nitrogens with zero attached hydrogens (tertiary/aromatic N) is 3. The molecule has 1 N–H and O–H groups in total. The fourth-order valence-electron chi connectivity index (χ4n) is 4.07. The van der Waals surface area contributed by atoms with Crippen molar-refractivity contribution in [1.29, 1.82) is 0 Å². The zero-order chi connectivity index (χ0) is 23.1. The third-order valence-electron chi connectivity index (χ3n) is 5.82. The molecule has 2 amide bonds. The third-order valence-corrected chi connectivity index (χ3v) is 5.82. The van der Waals surface area contributed by atoms with E-state index in [1.807, 2.05) is 11.0 Å². The standard InChI is InChI=1S/C26H32N4O2/c1-5-13-27-25(31)19-28-14-6-15-29(17-16-28)26(32)12-9-23-18-21(3)30(22(23)4)24-10-7-20(2)8-11-24/h1,7-12,18H,6,13-17,19H2,2-4H3,(H,27,31)/b12-9+. The van der Waals surface area contributed by atoms with Crippen LogP contribution in [-0.2, 0) is 9.59 Å². The lowest BCUT2D eigenvalue weighted by molar-refractivity contribution is -0.125. The van der Waals surface area contributed by atoms with Gasteiger partial charge in [0.25, 0.3) is 0 Å². The van der Waals surface area contributed by atoms with E-state index in [1.54, 1.807) is 6.08 Å². The van der Waals surface area contributed by atoms with E-state index in [2.05, 4.69) is 71.8 Å². The topological polar surface area (TPSA) is 57.6 Å². The van der Waals surface area contributed by atoms with Gasteiger partial charge in [-0.05, 0) is 57.0 Å². The normalized spacial score (nSPS) is 14.9. The van der Waals surface area contributed by atoms with Crippen molar-refractivity contribution in [2.75, 3.05) is 39.3 Å². The number of hydrogen-bond donors (Lipinski definition) is 1. The van der Waals surface area contributed by atoms with Crippen molar-refractivity contribution in [3.8, 4) is 18.0 Å². The Labute approximate surface area is 190 Å². The maximum Gasteiger partial charge on any atom is 0.246 e. The summed E-state index contributed by atoms with van der Waals surface area (Å²) in [5.41, 5.74) is 5.63. The Bertz CT molecular complexity index is 1030. The minimum atomic E-state index is -0.0773. The Morgan fingerprint density at radius 1 is 1.09 bits per heavy atom. The van der Waals surface area contributed by atoms with Crippen molar-refractivity contribution in [2.24, 2.45) is 0 Å². The van der Waals surface area contributed by atoms with Crippen LogP contribution >= 0.6 is 0 Å². The molecule has 0 atom stereocenters. The van der Waals surface area contributed by atoms with Crippen molar-refractivity contribution < 1.29 is 9.59 Å². The molecule has 3 rings (SSSR count). The van der Waals surface area contributed by atoms with Gasteiger partial charge in [0.1, 0.15) is 0 Å². The quantitative estimate of drug-likeness (QED) is 0.564. The average molecular weight is 433 g/mol. The first-order valence-corrected chi connectivity index (χ1v) is 11.0. The highest BCUT2D eigenvalue weighted by Gasteiger charge is 2.19. The lowest BCUT2D eigenvalue weighted by atomic mass is 10.2. The second-order valence-corrected chi connectivity index (χ2v) is 8.27. The second kappa shape index (κ2) is 10.8. The Morgan fingerprint density at radius 2 is 1.84 bits per heavy atom. The predicted molar refractivity (Wildman–Crippen MR) is 128 cm³/mol. The molecule has 1 saturated heterocycles. The van der Waals surface area contributed by atoms with Crippen molar-refractivity contribution >= 4 is 17.9 Å². The van der Waals surface area contributed by atoms with Crippen molar-refractivity contribution in [2.45, 2.75) is 27.2 Å². The highest BCUT2D eigenvalue weighted by molar-refractivity contribution is 5.92. The number of nitrogens with one attached hydrogen (secondary N) is 1. The van der Waals surface area contributed by atoms with Gasteiger partial charge < -0.3 is 14.8 Å². The maximum atomic E-state index is 12.8. The summed E-state index contributed by atoms with van der Waals surface area (Å²) >= 11 is 0. The van der Waals surface area contributed by atoms with Gasteiger partial charge in [0, 0.05) is 49.3 Å². The summed E-state index contributed by atoms with van der Waals surface area (Å²) in [6.45, 7) is 9.54. The van der Waals surface area contributed by atoms with E-state index in [1.165, 1.54) is 5.56 Å². The van der Waals surface area contributed by atoms with Gasteiger partial charge in [-0.25, -0.2) is 0 Å². The van der Waals surface area contributed by atoms with Gasteiger partial charge in [0.2, 0.25) is 11.8 Å². The third kappa shape index (κ3) is 5.89. The molecule has 0 spiro atoms. The molecule has 0 saturated carbocycles. The number of aryl methyl sites for hydroxylation is 2. The summed E-state index contributed by atoms with van der Waals surface area (Å²) in [6.07, 6.45) is 9.59. The molecule has 6 nitrogen and oxygen atoms in total. The molecule has 1 aromatic carbocycles. The van der Waals surface area contributed by atoms with Crippen LogP contribution < -0.4 is 5.32 Å². The average Bonchev–Trinajstić information content (AvgIpc) is 2.92. The van der Waals surface area contributed by atoms with Crippen LogP contribution in [-0.4, -0.2) is 65.4 Å². The molecule has 1 aliphatic heterocycles. The molecule has 1 fully saturated rings. The molecule has 0 aliphatic carbocycles. The summed E-state index contributed by atoms with van der Waals surface area (Å²) < 4.78 is 2.21. The van der Waals surface area contributed by atoms with Crippen LogP contribution in [0, 0.1) is 33.1 Å². The lowest BCUT2D eigenvalue weighted by Crippen LogP contribution is -2.39. The van der Waals surface area contributed by atoms with E-state index in [-0.39, 0.29) is 18.4 Å². The fourth-order valence-corrected chi connectivity index (χ4v) is 4.07. The van der Waals surface area contributed by atoms with E-state index in [4.69, 9.17) is 6.42 Å². The Kier molecular flexibility index (Phi) is 7.91. The monoisotopic (exact) mass is 432 g/mol. The Hall–Kier alpha value is -3.30. The molecule has 6 heteroatoms. The Balaban J connectivity index is 1.62. The van der Waals surface area contributed by atoms with Crippen molar-refractivity contribution in [3.63, 3.8) is 0 Å². The molecular formula is C26H32N4O2. The van der Waals surface area contributed by atoms with Gasteiger partial charge in [-0.15, -0.1) is 6.42 Å². The number of terminal acetylenes is 1. The molecule has 2 heterocycles. The zero-order valence-electron chi connectivity index (χ0n) is 19.2. The van der Waals surface area contributed by atoms with Gasteiger partial charge in [-0.2, -0.15) is 0 Å². The number of carbonyl (C=O) groups is 2. The SMILES string of the molecule is C#CCNC(=O)CN1CCCN(C(=O)/C=C/c2cc(C)n(-c3ccc(C)cc3)c2C)CC1. The van der Waals surface area contributed by atoms with Crippen LogP contribution in [0.3, 0.4) is 0 Å². The number of hydrogen-bond acceptors (Lipinski definition) is 3. The Morgan fingerprint density at radius 3 is 2.56 bits per heavy atom. The number of carbonyl (C=O) groups excluding carboxylic acids is 2. The van der Waals surface area contributed by atoms with Crippen LogP contribution in [0.25, 0.3) is 11.8 Å². The number of amides is 2. The van der Waals surface area contributed by atoms with Gasteiger partial charge >= 0.3 is 0 Å². The highest BCUT2D eigenvalue weighted by Crippen LogP contribution is 2.22. The number of rotatable bonds is 6. The molecule has 0 bridgehead atoms. The minimum Gasteiger partial charge on any atom is -0.344 e. The summed E-state index contributed by atoms with van der Waals surface area (Å²) in [5.74, 6) is 2.33. The smallest absolute Gasteiger partial charge is 0.246 e. The van der Waals surface area contributed by atoms with Gasteiger partial charge in [0.05, 0.1) is 13.1 Å². The summed E-state index contributed by atoms with van der Waals surface area (Å²) in [6, 6.07) is 10.6. The van der Waals surface area contributed by atoms with Gasteiger partial charge in [0.15, 0.2) is 0 Å². The maximum absolute atomic E-state index is 12.8. The summed E-state index contributed by atoms with van der Waals surface area (Å²) in [4.78, 5) is 28.6. The zero-order valence-corrected chi connectivity index (χ0v) is 19.2. The lowest BCUT2D eigenvalue weighted by Gasteiger charge is -2.20. The second-order valence-electron chi connectivity index (χ2n) is 8.27. The molecule has 1 aliphatic rings. The van der Waals surface area contributed by atoms with Crippen LogP contribution in [0.1, 0.15) is 28.9 Å². The summed E-state index contributed by atoms with van der Waals surface area (Å²) in [7, 11) is 0. The fraction of sp³-hybridized carbons (Fsp3) is 0.385. The first-order valence-electron chi connectivity index (χ1n) is 11.0. The highest BCUT2D eigenvalue weighted by atomic mass is 16.2. The predicted octanol–water partition coefficient (Wildman–Crippen LogP) is 2.70. The van der Waals surface area contributed by atoms with Crippen LogP contribution in [0.2, 0.25) is 0 Å². The van der Waals surface area contributed by atoms with Crippen LogP contribution in [0.15, 0.2) is 36.4 Å². The molecule has 32 heavy (non-hydrogen) atoms. The molecule has 2 aromatic rings. The van der Waals surface area contributed by atoms with E-state index >= 15 is 0 Å². The van der Waals surface area contributed by atoms with Gasteiger partial charge in [-0.3, -0.25) is 14.5 Å².